The summed E-state index contributed by atoms with van der Waals surface area (Å²) in [6.45, 7) is 3.92. The fourth-order valence-electron chi connectivity index (χ4n) is 9.29. The molecule has 0 aliphatic rings. The molecular formula is C56H90N18O15S. The fourth-order valence-corrected chi connectivity index (χ4v) is 9.96. The van der Waals surface area contributed by atoms with Gasteiger partial charge in [-0.05, 0) is 108 Å². The van der Waals surface area contributed by atoms with Crippen molar-refractivity contribution in [1.82, 2.24) is 57.5 Å². The number of fused-ring (bicyclic) bond motifs is 1. The quantitative estimate of drug-likeness (QED) is 0.0145. The first-order valence-corrected chi connectivity index (χ1v) is 31.6. The molecule has 0 saturated heterocycles. The molecule has 3 aromatic rings. The Morgan fingerprint density at radius 1 is 0.578 bits per heavy atom. The number of amides is 9. The van der Waals surface area contributed by atoms with Crippen LogP contribution in [0, 0.1) is 5.92 Å². The van der Waals surface area contributed by atoms with Crippen LogP contribution in [0.15, 0.2) is 48.0 Å². The van der Waals surface area contributed by atoms with E-state index in [1.165, 1.54) is 12.5 Å². The number of nitrogens with two attached hydrogens (primary N) is 6. The number of aromatic amines is 2. The lowest BCUT2D eigenvalue weighted by Crippen LogP contribution is -2.61. The SMILES string of the molecule is CC(C)C[C@H](NC(=O)[C@H](Cc1cnc[nH]1)NC(=O)[C@@H](N)CCC(=O)O)C(=O)N[C@@H](CCCCN)C(=O)N[C@@H](CCC(N)=O)C(=O)N[C@@H](Cc1c[nH]c2ccccc12)C(=O)N[C@@H](CCS(C)(=O)=O)C(=O)N[C@@H](CCCN=C(N)N)C(=O)N[C@@H](CCCCN)C(=O)O. The maximum Gasteiger partial charge on any atom is 0.326 e. The monoisotopic (exact) mass is 1290 g/mol. The van der Waals surface area contributed by atoms with E-state index in [9.17, 15) is 66.3 Å². The van der Waals surface area contributed by atoms with Gasteiger partial charge in [-0.25, -0.2) is 18.2 Å². The molecule has 0 aliphatic carbocycles. The topological polar surface area (TPSA) is 572 Å². The van der Waals surface area contributed by atoms with Gasteiger partial charge in [0.15, 0.2) is 5.96 Å². The van der Waals surface area contributed by atoms with Crippen LogP contribution in [0.1, 0.15) is 115 Å². The third-order valence-corrected chi connectivity index (χ3v) is 15.1. The molecule has 500 valence electrons. The zero-order valence-electron chi connectivity index (χ0n) is 50.9. The molecule has 90 heavy (non-hydrogen) atoms. The van der Waals surface area contributed by atoms with Gasteiger partial charge in [0.1, 0.15) is 58.2 Å². The van der Waals surface area contributed by atoms with Crippen LogP contribution < -0.4 is 76.9 Å². The number of nitrogens with zero attached hydrogens (tertiary/aromatic N) is 2. The maximum absolute atomic E-state index is 14.8. The van der Waals surface area contributed by atoms with Gasteiger partial charge in [-0.3, -0.25) is 52.9 Å². The Labute approximate surface area is 521 Å². The summed E-state index contributed by atoms with van der Waals surface area (Å²) in [6, 6.07) is -6.56. The number of carboxylic acid groups (broad SMARTS) is 2. The summed E-state index contributed by atoms with van der Waals surface area (Å²) in [7, 11) is -3.86. The lowest BCUT2D eigenvalue weighted by Gasteiger charge is -2.28. The molecule has 0 unspecified atom stereocenters. The molecule has 9 amide bonds. The van der Waals surface area contributed by atoms with Crippen molar-refractivity contribution < 1.29 is 71.4 Å². The van der Waals surface area contributed by atoms with Crippen LogP contribution in [-0.4, -0.2) is 191 Å². The molecule has 0 fully saturated rings. The number of carbonyl (C=O) groups excluding carboxylic acids is 9. The first kappa shape index (κ1) is 75.5. The summed E-state index contributed by atoms with van der Waals surface area (Å²) < 4.78 is 25.3. The highest BCUT2D eigenvalue weighted by atomic mass is 32.2. The predicted octanol–water partition coefficient (Wildman–Crippen LogP) is -4.11. The summed E-state index contributed by atoms with van der Waals surface area (Å²) in [5.41, 5.74) is 35.3. The van der Waals surface area contributed by atoms with Crippen LogP contribution in [0.5, 0.6) is 0 Å². The average molecular weight is 1290 g/mol. The molecule has 3 rings (SSSR count). The minimum atomic E-state index is -3.86. The molecule has 0 saturated carbocycles. The van der Waals surface area contributed by atoms with Crippen molar-refractivity contribution in [3.8, 4) is 0 Å². The van der Waals surface area contributed by atoms with Crippen molar-refractivity contribution in [2.24, 2.45) is 45.3 Å². The standard InChI is InChI=1S/C56H90N18O15S/c1-31(2)25-42(73-54(85)44(27-33-29-63-30-66-33)72-47(78)35(59)16-19-46(76)77)52(83)68-37(13-6-8-21-57)48(79)69-39(17-18-45(60)75)50(81)74-43(26-32-28-65-36-12-5-4-11-34(32)36)53(84)70-40(20-24-90(3,88)89)51(82)67-38(15-10-23-64-56(61)62)49(80)71-41(55(86)87)14-7-9-22-58/h4-5,11-12,28-31,35,37-44,65H,6-10,13-27,57-59H2,1-3H3,(H2,60,75)(H,63,66)(H,67,82)(H,68,83)(H,69,79)(H,70,84)(H,71,80)(H,72,78)(H,73,85)(H,74,81)(H,76,77)(H,86,87)(H4,61,62,64)/t35-,37-,38-,39-,40-,41-,42-,43-,44-/m0/s1. The number of nitrogens with one attached hydrogen (secondary N) is 10. The largest absolute Gasteiger partial charge is 0.481 e. The van der Waals surface area contributed by atoms with E-state index in [0.717, 1.165) is 6.26 Å². The normalized spacial score (nSPS) is 14.4. The number of carboxylic acids is 2. The Morgan fingerprint density at radius 2 is 1.06 bits per heavy atom. The van der Waals surface area contributed by atoms with E-state index in [0.29, 0.717) is 41.4 Å². The van der Waals surface area contributed by atoms with E-state index in [1.807, 2.05) is 0 Å². The number of aliphatic carboxylic acids is 2. The molecule has 2 aromatic heterocycles. The third-order valence-electron chi connectivity index (χ3n) is 14.1. The maximum atomic E-state index is 14.8. The van der Waals surface area contributed by atoms with Gasteiger partial charge in [0.2, 0.25) is 53.2 Å². The van der Waals surface area contributed by atoms with Crippen molar-refractivity contribution in [1.29, 1.82) is 0 Å². The second kappa shape index (κ2) is 38.6. The summed E-state index contributed by atoms with van der Waals surface area (Å²) >= 11 is 0. The van der Waals surface area contributed by atoms with Crippen molar-refractivity contribution in [2.75, 3.05) is 31.6 Å². The number of hydrogen-bond donors (Lipinski definition) is 18. The Morgan fingerprint density at radius 3 is 1.57 bits per heavy atom. The number of aromatic nitrogens is 3. The molecule has 1 aromatic carbocycles. The summed E-state index contributed by atoms with van der Waals surface area (Å²) in [5.74, 6) is -12.4. The first-order valence-electron chi connectivity index (χ1n) is 29.6. The van der Waals surface area contributed by atoms with Gasteiger partial charge in [0.05, 0.1) is 18.1 Å². The highest BCUT2D eigenvalue weighted by molar-refractivity contribution is 7.90. The summed E-state index contributed by atoms with van der Waals surface area (Å²) in [6.07, 6.45) is 3.66. The van der Waals surface area contributed by atoms with Crippen LogP contribution in [0.3, 0.4) is 0 Å². The van der Waals surface area contributed by atoms with Crippen molar-refractivity contribution in [3.63, 3.8) is 0 Å². The number of carbonyl (C=O) groups is 11. The highest BCUT2D eigenvalue weighted by Crippen LogP contribution is 2.20. The number of primary amides is 1. The van der Waals surface area contributed by atoms with E-state index in [2.05, 4.69) is 62.5 Å². The van der Waals surface area contributed by atoms with Crippen LogP contribution in [0.25, 0.3) is 10.9 Å². The van der Waals surface area contributed by atoms with Crippen LogP contribution in [0.4, 0.5) is 0 Å². The van der Waals surface area contributed by atoms with E-state index >= 15 is 0 Å². The molecule has 33 nitrogen and oxygen atoms in total. The number of guanidine groups is 1. The molecule has 0 aliphatic heterocycles. The molecule has 0 bridgehead atoms. The van der Waals surface area contributed by atoms with Gasteiger partial charge in [-0.1, -0.05) is 32.0 Å². The first-order chi connectivity index (χ1) is 42.5. The highest BCUT2D eigenvalue weighted by Gasteiger charge is 2.36. The van der Waals surface area contributed by atoms with Crippen molar-refractivity contribution in [3.05, 3.63) is 54.2 Å². The van der Waals surface area contributed by atoms with Gasteiger partial charge in [0, 0.05) is 67.5 Å². The molecule has 24 N–H and O–H groups in total. The van der Waals surface area contributed by atoms with E-state index in [-0.39, 0.29) is 89.3 Å². The molecule has 2 heterocycles. The molecular weight excluding hydrogens is 1200 g/mol. The van der Waals surface area contributed by atoms with E-state index in [4.69, 9.17) is 39.5 Å². The Kier molecular flexibility index (Phi) is 32.4. The lowest BCUT2D eigenvalue weighted by atomic mass is 10.00. The lowest BCUT2D eigenvalue weighted by molar-refractivity contribution is -0.142. The smallest absolute Gasteiger partial charge is 0.326 e. The molecule has 9 atom stereocenters. The van der Waals surface area contributed by atoms with Gasteiger partial charge < -0.3 is 97.1 Å². The molecule has 34 heteroatoms. The van der Waals surface area contributed by atoms with Crippen LogP contribution in [0.2, 0.25) is 0 Å². The number of sulfone groups is 1. The fraction of sp³-hybridized carbons (Fsp3) is 0.589. The number of hydrogen-bond acceptors (Lipinski definition) is 18. The third kappa shape index (κ3) is 28.2. The minimum absolute atomic E-state index is 0.00233. The number of H-pyrrole nitrogens is 2. The zero-order valence-corrected chi connectivity index (χ0v) is 51.7. The second-order valence-electron chi connectivity index (χ2n) is 22.3. The average Bonchev–Trinajstić information content (AvgIpc) is 1.76. The predicted molar refractivity (Wildman–Crippen MR) is 330 cm³/mol. The Bertz CT molecular complexity index is 3030. The van der Waals surface area contributed by atoms with Crippen molar-refractivity contribution >= 4 is 91.8 Å². The van der Waals surface area contributed by atoms with E-state index in [1.54, 1.807) is 44.3 Å². The van der Waals surface area contributed by atoms with Gasteiger partial charge in [-0.2, -0.15) is 0 Å². The summed E-state index contributed by atoms with van der Waals surface area (Å²) in [5, 5.41) is 40.1. The van der Waals surface area contributed by atoms with Gasteiger partial charge >= 0.3 is 11.9 Å². The van der Waals surface area contributed by atoms with Gasteiger partial charge in [-0.15, -0.1) is 0 Å². The zero-order chi connectivity index (χ0) is 67.1. The number of rotatable bonds is 44. The number of unbranched alkanes of at least 4 members (excludes halogenated alkanes) is 2. The van der Waals surface area contributed by atoms with Crippen molar-refractivity contribution in [2.45, 2.75) is 171 Å². The number of benzene rings is 1. The van der Waals surface area contributed by atoms with E-state index < -0.39 is 161 Å². The number of para-hydroxylation sites is 1. The van der Waals surface area contributed by atoms with Crippen LogP contribution >= 0.6 is 0 Å². The summed E-state index contributed by atoms with van der Waals surface area (Å²) in [4.78, 5) is 163. The molecule has 0 radical (unpaired) electrons. The number of aliphatic imine (C=N–C) groups is 1. The van der Waals surface area contributed by atoms with Gasteiger partial charge in [0.25, 0.3) is 0 Å². The Balaban J connectivity index is 2.05. The molecule has 0 spiro atoms. The van der Waals surface area contributed by atoms with Crippen LogP contribution in [-0.2, 0) is 75.4 Å². The Hall–Kier alpha value is -8.76. The minimum Gasteiger partial charge on any atom is -0.481 e. The number of imidazole rings is 1. The second-order valence-corrected chi connectivity index (χ2v) is 24.5.